The molecule has 0 saturated carbocycles. The van der Waals surface area contributed by atoms with Gasteiger partial charge in [0.1, 0.15) is 5.58 Å². The topological polar surface area (TPSA) is 42.2 Å². The summed E-state index contributed by atoms with van der Waals surface area (Å²) in [7, 11) is 0. The molecule has 0 radical (unpaired) electrons. The summed E-state index contributed by atoms with van der Waals surface area (Å²) in [5.74, 6) is 0.201. The molecule has 1 heterocycles. The molecule has 0 fully saturated rings. The van der Waals surface area contributed by atoms with Gasteiger partial charge in [-0.2, -0.15) is 0 Å². The van der Waals surface area contributed by atoms with Crippen LogP contribution in [0.1, 0.15) is 27.2 Å². The van der Waals surface area contributed by atoms with Crippen molar-refractivity contribution >= 4 is 32.8 Å². The first kappa shape index (κ1) is 14.9. The number of amides is 1. The maximum Gasteiger partial charge on any atom is 0.287 e. The Bertz CT molecular complexity index is 851. The third-order valence-corrected chi connectivity index (χ3v) is 4.20. The summed E-state index contributed by atoms with van der Waals surface area (Å²) in [5, 5.41) is 3.90. The van der Waals surface area contributed by atoms with E-state index >= 15 is 0 Å². The van der Waals surface area contributed by atoms with Gasteiger partial charge in [0.25, 0.3) is 5.91 Å². The van der Waals surface area contributed by atoms with Gasteiger partial charge in [0, 0.05) is 22.0 Å². The number of fused-ring (bicyclic) bond motifs is 1. The van der Waals surface area contributed by atoms with Crippen molar-refractivity contribution in [3.05, 3.63) is 69.4 Å². The molecule has 0 aliphatic carbocycles. The highest BCUT2D eigenvalue weighted by molar-refractivity contribution is 9.10. The van der Waals surface area contributed by atoms with Crippen LogP contribution in [0, 0.1) is 13.8 Å². The fourth-order valence-electron chi connectivity index (χ4n) is 2.51. The lowest BCUT2D eigenvalue weighted by Gasteiger charge is -2.04. The Balaban J connectivity index is 1.83. The van der Waals surface area contributed by atoms with E-state index < -0.39 is 0 Å². The van der Waals surface area contributed by atoms with E-state index in [1.165, 1.54) is 0 Å². The third kappa shape index (κ3) is 2.79. The summed E-state index contributed by atoms with van der Waals surface area (Å²) in [4.78, 5) is 12.4. The van der Waals surface area contributed by atoms with Gasteiger partial charge in [0.05, 0.1) is 0 Å². The molecule has 0 saturated heterocycles. The van der Waals surface area contributed by atoms with Crippen molar-refractivity contribution in [2.75, 3.05) is 0 Å². The molecule has 1 aromatic heterocycles. The third-order valence-electron chi connectivity index (χ3n) is 3.71. The second-order valence-corrected chi connectivity index (χ2v) is 6.24. The van der Waals surface area contributed by atoms with Crippen molar-refractivity contribution in [1.82, 2.24) is 5.32 Å². The summed E-state index contributed by atoms with van der Waals surface area (Å²) in [5.41, 5.74) is 3.73. The first-order valence-corrected chi connectivity index (χ1v) is 7.87. The molecule has 0 spiro atoms. The molecule has 3 aromatic rings. The van der Waals surface area contributed by atoms with Crippen molar-refractivity contribution in [2.24, 2.45) is 0 Å². The van der Waals surface area contributed by atoms with Crippen LogP contribution in [0.25, 0.3) is 11.0 Å². The molecule has 0 atom stereocenters. The van der Waals surface area contributed by atoms with E-state index in [0.29, 0.717) is 12.3 Å². The molecule has 0 aliphatic heterocycles. The number of para-hydroxylation sites is 1. The molecule has 0 aliphatic rings. The van der Waals surface area contributed by atoms with Crippen LogP contribution in [0.2, 0.25) is 0 Å². The Labute approximate surface area is 137 Å². The molecular formula is C18H16BrNO2. The van der Waals surface area contributed by atoms with E-state index in [-0.39, 0.29) is 5.91 Å². The minimum Gasteiger partial charge on any atom is -0.450 e. The summed E-state index contributed by atoms with van der Waals surface area (Å²) in [6.45, 7) is 4.36. The van der Waals surface area contributed by atoms with Gasteiger partial charge in [0.2, 0.25) is 0 Å². The number of hydrogen-bond donors (Lipinski definition) is 1. The number of carbonyl (C=O) groups is 1. The molecule has 22 heavy (non-hydrogen) atoms. The number of benzene rings is 2. The second kappa shape index (κ2) is 5.97. The van der Waals surface area contributed by atoms with Crippen LogP contribution in [0.15, 0.2) is 51.4 Å². The van der Waals surface area contributed by atoms with Crippen LogP contribution in [0.3, 0.4) is 0 Å². The van der Waals surface area contributed by atoms with E-state index in [4.69, 9.17) is 4.42 Å². The predicted molar refractivity (Wildman–Crippen MR) is 91.0 cm³/mol. The summed E-state index contributed by atoms with van der Waals surface area (Å²) < 4.78 is 6.78. The number of nitrogens with one attached hydrogen (secondary N) is 1. The van der Waals surface area contributed by atoms with Gasteiger partial charge in [-0.3, -0.25) is 4.79 Å². The predicted octanol–water partition coefficient (Wildman–Crippen LogP) is 4.74. The SMILES string of the molecule is Cc1c(C(=O)NCc2cccc(Br)c2)oc2c(C)cccc12. The largest absolute Gasteiger partial charge is 0.450 e. The number of halogens is 1. The lowest BCUT2D eigenvalue weighted by Crippen LogP contribution is -2.22. The number of aryl methyl sites for hydroxylation is 2. The molecule has 0 bridgehead atoms. The molecule has 2 aromatic carbocycles. The van der Waals surface area contributed by atoms with Gasteiger partial charge in [-0.15, -0.1) is 0 Å². The van der Waals surface area contributed by atoms with E-state index in [2.05, 4.69) is 21.2 Å². The molecule has 3 nitrogen and oxygen atoms in total. The second-order valence-electron chi connectivity index (χ2n) is 5.32. The van der Waals surface area contributed by atoms with Gasteiger partial charge >= 0.3 is 0 Å². The first-order valence-electron chi connectivity index (χ1n) is 7.07. The van der Waals surface area contributed by atoms with Crippen LogP contribution >= 0.6 is 15.9 Å². The fourth-order valence-corrected chi connectivity index (χ4v) is 2.96. The summed E-state index contributed by atoms with van der Waals surface area (Å²) in [6.07, 6.45) is 0. The van der Waals surface area contributed by atoms with E-state index in [1.54, 1.807) is 0 Å². The van der Waals surface area contributed by atoms with Crippen molar-refractivity contribution in [3.8, 4) is 0 Å². The molecular weight excluding hydrogens is 342 g/mol. The van der Waals surface area contributed by atoms with Gasteiger partial charge < -0.3 is 9.73 Å². The zero-order chi connectivity index (χ0) is 15.7. The maximum absolute atomic E-state index is 12.4. The Morgan fingerprint density at radius 3 is 2.68 bits per heavy atom. The smallest absolute Gasteiger partial charge is 0.287 e. The van der Waals surface area contributed by atoms with Crippen molar-refractivity contribution in [3.63, 3.8) is 0 Å². The average molecular weight is 358 g/mol. The Hall–Kier alpha value is -2.07. The molecule has 1 N–H and O–H groups in total. The van der Waals surface area contributed by atoms with Crippen LogP contribution in [-0.2, 0) is 6.54 Å². The van der Waals surface area contributed by atoms with E-state index in [9.17, 15) is 4.79 Å². The Morgan fingerprint density at radius 1 is 1.18 bits per heavy atom. The standard InChI is InChI=1S/C18H16BrNO2/c1-11-5-3-8-15-12(2)17(22-16(11)15)18(21)20-10-13-6-4-7-14(19)9-13/h3-9H,10H2,1-2H3,(H,20,21). The van der Waals surface area contributed by atoms with E-state index in [0.717, 1.165) is 32.1 Å². The van der Waals surface area contributed by atoms with Gasteiger partial charge in [-0.25, -0.2) is 0 Å². The van der Waals surface area contributed by atoms with Crippen molar-refractivity contribution < 1.29 is 9.21 Å². The average Bonchev–Trinajstić information content (AvgIpc) is 2.84. The van der Waals surface area contributed by atoms with Gasteiger partial charge in [0.15, 0.2) is 5.76 Å². The van der Waals surface area contributed by atoms with Crippen LogP contribution in [0.4, 0.5) is 0 Å². The Morgan fingerprint density at radius 2 is 1.95 bits per heavy atom. The van der Waals surface area contributed by atoms with Crippen LogP contribution in [0.5, 0.6) is 0 Å². The molecule has 0 unspecified atom stereocenters. The quantitative estimate of drug-likeness (QED) is 0.735. The first-order chi connectivity index (χ1) is 10.6. The highest BCUT2D eigenvalue weighted by atomic mass is 79.9. The summed E-state index contributed by atoms with van der Waals surface area (Å²) in [6, 6.07) is 13.8. The van der Waals surface area contributed by atoms with Crippen LogP contribution in [-0.4, -0.2) is 5.91 Å². The minimum atomic E-state index is -0.187. The summed E-state index contributed by atoms with van der Waals surface area (Å²) >= 11 is 3.43. The highest BCUT2D eigenvalue weighted by Crippen LogP contribution is 2.27. The number of furan rings is 1. The van der Waals surface area contributed by atoms with Crippen molar-refractivity contribution in [2.45, 2.75) is 20.4 Å². The zero-order valence-electron chi connectivity index (χ0n) is 12.4. The Kier molecular flexibility index (Phi) is 4.03. The minimum absolute atomic E-state index is 0.187. The highest BCUT2D eigenvalue weighted by Gasteiger charge is 2.18. The van der Waals surface area contributed by atoms with Gasteiger partial charge in [-0.05, 0) is 37.1 Å². The monoisotopic (exact) mass is 357 g/mol. The lowest BCUT2D eigenvalue weighted by molar-refractivity contribution is 0.0924. The number of rotatable bonds is 3. The number of hydrogen-bond acceptors (Lipinski definition) is 2. The fraction of sp³-hybridized carbons (Fsp3) is 0.167. The van der Waals surface area contributed by atoms with Gasteiger partial charge in [-0.1, -0.05) is 46.3 Å². The molecule has 1 amide bonds. The van der Waals surface area contributed by atoms with E-state index in [1.807, 2.05) is 56.3 Å². The van der Waals surface area contributed by atoms with Crippen LogP contribution < -0.4 is 5.32 Å². The number of carbonyl (C=O) groups excluding carboxylic acids is 1. The maximum atomic E-state index is 12.4. The lowest BCUT2D eigenvalue weighted by atomic mass is 10.1. The molecule has 4 heteroatoms. The normalized spacial score (nSPS) is 10.9. The molecule has 112 valence electrons. The zero-order valence-corrected chi connectivity index (χ0v) is 14.0. The van der Waals surface area contributed by atoms with Crippen molar-refractivity contribution in [1.29, 1.82) is 0 Å². The molecule has 3 rings (SSSR count).